The number of rotatable bonds is 8. The second-order valence-electron chi connectivity index (χ2n) is 4.80. The van der Waals surface area contributed by atoms with Crippen LogP contribution in [0.15, 0.2) is 12.4 Å². The Morgan fingerprint density at radius 2 is 2.25 bits per heavy atom. The van der Waals surface area contributed by atoms with Gasteiger partial charge in [-0.15, -0.1) is 0 Å². The van der Waals surface area contributed by atoms with Crippen molar-refractivity contribution in [3.63, 3.8) is 0 Å². The highest BCUT2D eigenvalue weighted by atomic mass is 16.2. The number of H-pyrrole nitrogens is 1. The summed E-state index contributed by atoms with van der Waals surface area (Å²) in [6.45, 7) is 4.40. The number of aromatic amines is 1. The second kappa shape index (κ2) is 8.19. The average molecular weight is 281 g/mol. The standard InChI is InChI=1S/C13H23N5O2/c1-3-9(2)11(18-13(14)20)12(19)17-6-4-5-10-15-7-8-16-10/h7-9,11H,3-6H2,1-2H3,(H,15,16)(H,17,19)(H3,14,18,20). The molecule has 112 valence electrons. The highest BCUT2D eigenvalue weighted by Gasteiger charge is 2.24. The number of nitrogens with two attached hydrogens (primary N) is 1. The fraction of sp³-hybridized carbons (Fsp3) is 0.615. The van der Waals surface area contributed by atoms with Crippen molar-refractivity contribution in [2.24, 2.45) is 11.7 Å². The summed E-state index contributed by atoms with van der Waals surface area (Å²) in [7, 11) is 0. The van der Waals surface area contributed by atoms with Crippen LogP contribution in [-0.4, -0.2) is 34.5 Å². The first-order valence-electron chi connectivity index (χ1n) is 6.86. The molecule has 5 N–H and O–H groups in total. The van der Waals surface area contributed by atoms with Crippen molar-refractivity contribution in [1.29, 1.82) is 0 Å². The van der Waals surface area contributed by atoms with Crippen LogP contribution in [0.5, 0.6) is 0 Å². The molecule has 0 saturated carbocycles. The van der Waals surface area contributed by atoms with Crippen LogP contribution >= 0.6 is 0 Å². The van der Waals surface area contributed by atoms with Crippen LogP contribution in [0, 0.1) is 5.92 Å². The summed E-state index contributed by atoms with van der Waals surface area (Å²) in [6, 6.07) is -1.26. The van der Waals surface area contributed by atoms with Crippen LogP contribution in [0.1, 0.15) is 32.5 Å². The number of aryl methyl sites for hydroxylation is 1. The minimum Gasteiger partial charge on any atom is -0.354 e. The smallest absolute Gasteiger partial charge is 0.312 e. The molecule has 2 unspecified atom stereocenters. The Hall–Kier alpha value is -2.05. The van der Waals surface area contributed by atoms with E-state index in [1.54, 1.807) is 12.4 Å². The first-order valence-corrected chi connectivity index (χ1v) is 6.86. The molecule has 1 rings (SSSR count). The van der Waals surface area contributed by atoms with Gasteiger partial charge in [0.25, 0.3) is 0 Å². The maximum Gasteiger partial charge on any atom is 0.312 e. The molecule has 7 heteroatoms. The number of aromatic nitrogens is 2. The fourth-order valence-corrected chi connectivity index (χ4v) is 1.87. The first kappa shape index (κ1) is 16.0. The monoisotopic (exact) mass is 281 g/mol. The molecule has 0 bridgehead atoms. The van der Waals surface area contributed by atoms with Crippen LogP contribution in [0.2, 0.25) is 0 Å². The van der Waals surface area contributed by atoms with E-state index in [-0.39, 0.29) is 11.8 Å². The third-order valence-electron chi connectivity index (χ3n) is 3.24. The Morgan fingerprint density at radius 1 is 1.50 bits per heavy atom. The Labute approximate surface area is 118 Å². The van der Waals surface area contributed by atoms with Crippen molar-refractivity contribution in [2.45, 2.75) is 39.2 Å². The summed E-state index contributed by atoms with van der Waals surface area (Å²) in [4.78, 5) is 30.1. The number of urea groups is 1. The molecule has 1 aromatic rings. The molecular formula is C13H23N5O2. The van der Waals surface area contributed by atoms with Crippen molar-refractivity contribution in [3.05, 3.63) is 18.2 Å². The fourth-order valence-electron chi connectivity index (χ4n) is 1.87. The topological polar surface area (TPSA) is 113 Å². The zero-order chi connectivity index (χ0) is 15.0. The van der Waals surface area contributed by atoms with Crippen LogP contribution in [0.4, 0.5) is 4.79 Å². The van der Waals surface area contributed by atoms with Crippen LogP contribution in [0.25, 0.3) is 0 Å². The summed E-state index contributed by atoms with van der Waals surface area (Å²) in [5.74, 6) is 0.734. The Kier molecular flexibility index (Phi) is 6.55. The Morgan fingerprint density at radius 3 is 2.80 bits per heavy atom. The lowest BCUT2D eigenvalue weighted by Gasteiger charge is -2.22. The zero-order valence-corrected chi connectivity index (χ0v) is 12.0. The molecule has 1 heterocycles. The van der Waals surface area contributed by atoms with E-state index in [1.807, 2.05) is 13.8 Å². The molecule has 0 spiro atoms. The van der Waals surface area contributed by atoms with Crippen molar-refractivity contribution < 1.29 is 9.59 Å². The number of nitrogens with zero attached hydrogens (tertiary/aromatic N) is 1. The number of primary amides is 1. The lowest BCUT2D eigenvalue weighted by atomic mass is 9.98. The van der Waals surface area contributed by atoms with Gasteiger partial charge in [0.2, 0.25) is 5.91 Å². The summed E-state index contributed by atoms with van der Waals surface area (Å²) < 4.78 is 0. The van der Waals surface area contributed by atoms with Crippen molar-refractivity contribution in [3.8, 4) is 0 Å². The summed E-state index contributed by atoms with van der Waals surface area (Å²) in [6.07, 6.45) is 5.80. The van der Waals surface area contributed by atoms with Crippen molar-refractivity contribution >= 4 is 11.9 Å². The van der Waals surface area contributed by atoms with Crippen molar-refractivity contribution in [2.75, 3.05) is 6.54 Å². The number of nitrogens with one attached hydrogen (secondary N) is 3. The van der Waals surface area contributed by atoms with Gasteiger partial charge in [0.05, 0.1) is 0 Å². The average Bonchev–Trinajstić information content (AvgIpc) is 2.92. The SMILES string of the molecule is CCC(C)C(NC(N)=O)C(=O)NCCCc1ncc[nH]1. The van der Waals surface area contributed by atoms with Crippen molar-refractivity contribution in [1.82, 2.24) is 20.6 Å². The minimum absolute atomic E-state index is 0.0348. The van der Waals surface area contributed by atoms with Gasteiger partial charge in [0.15, 0.2) is 0 Å². The molecule has 0 saturated heterocycles. The van der Waals surface area contributed by atoms with E-state index in [9.17, 15) is 9.59 Å². The number of amides is 3. The molecule has 0 fully saturated rings. The zero-order valence-electron chi connectivity index (χ0n) is 12.0. The summed E-state index contributed by atoms with van der Waals surface area (Å²) in [5, 5.41) is 5.31. The minimum atomic E-state index is -0.680. The molecule has 1 aromatic heterocycles. The number of carbonyl (C=O) groups is 2. The van der Waals surface area contributed by atoms with E-state index < -0.39 is 12.1 Å². The van der Waals surface area contributed by atoms with Gasteiger partial charge in [-0.25, -0.2) is 9.78 Å². The summed E-state index contributed by atoms with van der Waals surface area (Å²) in [5.41, 5.74) is 5.10. The number of imidazole rings is 1. The molecule has 20 heavy (non-hydrogen) atoms. The molecule has 0 aliphatic rings. The van der Waals surface area contributed by atoms with Crippen LogP contribution in [0.3, 0.4) is 0 Å². The lowest BCUT2D eigenvalue weighted by Crippen LogP contribution is -2.51. The van der Waals surface area contributed by atoms with Gasteiger partial charge in [-0.05, 0) is 12.3 Å². The van der Waals surface area contributed by atoms with E-state index >= 15 is 0 Å². The number of hydrogen-bond acceptors (Lipinski definition) is 3. The van der Waals surface area contributed by atoms with Crippen LogP contribution in [-0.2, 0) is 11.2 Å². The number of hydrogen-bond donors (Lipinski definition) is 4. The molecular weight excluding hydrogens is 258 g/mol. The van der Waals surface area contributed by atoms with Gasteiger partial charge < -0.3 is 21.4 Å². The van der Waals surface area contributed by atoms with E-state index in [4.69, 9.17) is 5.73 Å². The maximum absolute atomic E-state index is 12.0. The number of carbonyl (C=O) groups excluding carboxylic acids is 2. The van der Waals surface area contributed by atoms with E-state index in [2.05, 4.69) is 20.6 Å². The normalized spacial score (nSPS) is 13.5. The van der Waals surface area contributed by atoms with E-state index in [0.717, 1.165) is 25.1 Å². The largest absolute Gasteiger partial charge is 0.354 e. The Balaban J connectivity index is 2.35. The highest BCUT2D eigenvalue weighted by molar-refractivity contribution is 5.86. The van der Waals surface area contributed by atoms with Gasteiger partial charge in [0, 0.05) is 25.4 Å². The van der Waals surface area contributed by atoms with E-state index in [1.165, 1.54) is 0 Å². The molecule has 0 radical (unpaired) electrons. The molecule has 3 amide bonds. The molecule has 0 aliphatic carbocycles. The summed E-state index contributed by atoms with van der Waals surface area (Å²) >= 11 is 0. The maximum atomic E-state index is 12.0. The van der Waals surface area contributed by atoms with Gasteiger partial charge >= 0.3 is 6.03 Å². The van der Waals surface area contributed by atoms with Crippen LogP contribution < -0.4 is 16.4 Å². The van der Waals surface area contributed by atoms with E-state index in [0.29, 0.717) is 6.54 Å². The van der Waals surface area contributed by atoms with Gasteiger partial charge in [0.1, 0.15) is 11.9 Å². The predicted octanol–water partition coefficient (Wildman–Crippen LogP) is 0.542. The third kappa shape index (κ3) is 5.29. The highest BCUT2D eigenvalue weighted by Crippen LogP contribution is 2.07. The van der Waals surface area contributed by atoms with Gasteiger partial charge in [-0.2, -0.15) is 0 Å². The first-order chi connectivity index (χ1) is 9.54. The molecule has 0 aromatic carbocycles. The molecule has 0 aliphatic heterocycles. The second-order valence-corrected chi connectivity index (χ2v) is 4.80. The van der Waals surface area contributed by atoms with Gasteiger partial charge in [-0.3, -0.25) is 4.79 Å². The van der Waals surface area contributed by atoms with Gasteiger partial charge in [-0.1, -0.05) is 20.3 Å². The predicted molar refractivity (Wildman–Crippen MR) is 75.9 cm³/mol. The molecule has 2 atom stereocenters. The Bertz CT molecular complexity index is 418. The third-order valence-corrected chi connectivity index (χ3v) is 3.24. The lowest BCUT2D eigenvalue weighted by molar-refractivity contribution is -0.124. The molecule has 7 nitrogen and oxygen atoms in total. The quantitative estimate of drug-likeness (QED) is 0.521.